The van der Waals surface area contributed by atoms with E-state index in [0.29, 0.717) is 0 Å². The van der Waals surface area contributed by atoms with Gasteiger partial charge in [0.2, 0.25) is 0 Å². The maximum absolute atomic E-state index is 5.89. The monoisotopic (exact) mass is 853 g/mol. The Labute approximate surface area is 385 Å². The molecule has 0 saturated heterocycles. The molecule has 312 valence electrons. The van der Waals surface area contributed by atoms with Gasteiger partial charge in [-0.2, -0.15) is 0 Å². The first-order valence-electron chi connectivity index (χ1n) is 22.8. The van der Waals surface area contributed by atoms with Crippen LogP contribution in [0, 0.1) is 0 Å². The lowest BCUT2D eigenvalue weighted by atomic mass is 9.88. The number of para-hydroxylation sites is 1. The molecule has 0 N–H and O–H groups in total. The second-order valence-corrected chi connectivity index (χ2v) is 17.8. The zero-order valence-corrected chi connectivity index (χ0v) is 36.5. The Hall–Kier alpha value is -8.86. The van der Waals surface area contributed by atoms with Crippen LogP contribution >= 0.6 is 0 Å². The molecule has 67 heavy (non-hydrogen) atoms. The second kappa shape index (κ2) is 14.6. The minimum Gasteiger partial charge on any atom is -0.443 e. The van der Waals surface area contributed by atoms with E-state index in [1.165, 1.54) is 104 Å². The third-order valence-corrected chi connectivity index (χ3v) is 14.1. The van der Waals surface area contributed by atoms with Gasteiger partial charge in [-0.3, -0.25) is 0 Å². The highest BCUT2D eigenvalue weighted by Gasteiger charge is 2.19. The zero-order valence-electron chi connectivity index (χ0n) is 36.5. The number of aromatic nitrogens is 3. The zero-order chi connectivity index (χ0) is 44.2. The van der Waals surface area contributed by atoms with E-state index < -0.39 is 0 Å². The number of oxazole rings is 1. The molecule has 0 amide bonds. The molecule has 4 heteroatoms. The van der Waals surface area contributed by atoms with Crippen LogP contribution in [-0.4, -0.2) is 14.5 Å². The molecule has 0 unspecified atom stereocenters. The molecular formula is C63H39N3O. The number of aryl methyl sites for hydroxylation is 1. The third kappa shape index (κ3) is 5.80. The Bertz CT molecular complexity index is 4330. The van der Waals surface area contributed by atoms with Gasteiger partial charge in [-0.25, -0.2) is 9.97 Å². The summed E-state index contributed by atoms with van der Waals surface area (Å²) < 4.78 is 8.07. The molecule has 2 aromatic heterocycles. The minimum atomic E-state index is 0.812. The van der Waals surface area contributed by atoms with E-state index in [9.17, 15) is 0 Å². The minimum absolute atomic E-state index is 0.812. The van der Waals surface area contributed by atoms with Crippen molar-refractivity contribution in [2.75, 3.05) is 0 Å². The molecule has 0 bridgehead atoms. The van der Waals surface area contributed by atoms with Gasteiger partial charge in [0.1, 0.15) is 5.52 Å². The van der Waals surface area contributed by atoms with Gasteiger partial charge in [0.15, 0.2) is 12.0 Å². The summed E-state index contributed by atoms with van der Waals surface area (Å²) in [6.07, 6.45) is 3.48. The standard InChI is InChI=1S/C63H39N3O/c1-66-36-64-61-49(30-31-54(62(61)66)56-34-45-24-22-43-32-41(38-10-3-2-4-11-38)26-28-47(43)59(45)52-14-7-5-12-50(52)56)40-20-18-39(19-21-40)42-27-29-48-44(33-42)23-25-46-35-57(51-13-6-8-15-53(51)60(46)48)55-16-9-17-58-63(55)67-37-65-58/h2-37H,1H3. The van der Waals surface area contributed by atoms with Crippen LogP contribution in [0.15, 0.2) is 223 Å². The Morgan fingerprint density at radius 3 is 1.55 bits per heavy atom. The van der Waals surface area contributed by atoms with E-state index in [4.69, 9.17) is 9.40 Å². The molecule has 4 nitrogen and oxygen atoms in total. The van der Waals surface area contributed by atoms with Crippen LogP contribution in [0.2, 0.25) is 0 Å². The number of fused-ring (bicyclic) bond motifs is 12. The Morgan fingerprint density at radius 1 is 0.358 bits per heavy atom. The number of hydrogen-bond donors (Lipinski definition) is 0. The molecule has 14 rings (SSSR count). The first-order chi connectivity index (χ1) is 33.1. The van der Waals surface area contributed by atoms with Crippen molar-refractivity contribution < 1.29 is 4.42 Å². The fourth-order valence-electron chi connectivity index (χ4n) is 11.0. The molecule has 0 spiro atoms. The van der Waals surface area contributed by atoms with Crippen molar-refractivity contribution in [1.82, 2.24) is 14.5 Å². The van der Waals surface area contributed by atoms with Gasteiger partial charge in [-0.1, -0.05) is 176 Å². The molecule has 0 aliphatic heterocycles. The van der Waals surface area contributed by atoms with Crippen LogP contribution in [0.5, 0.6) is 0 Å². The summed E-state index contributed by atoms with van der Waals surface area (Å²) in [6, 6.07) is 75.4. The van der Waals surface area contributed by atoms with Crippen LogP contribution in [0.4, 0.5) is 0 Å². The van der Waals surface area contributed by atoms with Crippen LogP contribution in [-0.2, 0) is 7.05 Å². The van der Waals surface area contributed by atoms with E-state index in [0.717, 1.165) is 44.4 Å². The largest absolute Gasteiger partial charge is 0.443 e. The van der Waals surface area contributed by atoms with Crippen LogP contribution in [0.3, 0.4) is 0 Å². The summed E-state index contributed by atoms with van der Waals surface area (Å²) in [5.41, 5.74) is 15.4. The number of hydrogen-bond acceptors (Lipinski definition) is 3. The van der Waals surface area contributed by atoms with Gasteiger partial charge < -0.3 is 8.98 Å². The smallest absolute Gasteiger partial charge is 0.182 e. The van der Waals surface area contributed by atoms with Gasteiger partial charge in [-0.05, 0) is 134 Å². The summed E-state index contributed by atoms with van der Waals surface area (Å²) in [7, 11) is 2.11. The van der Waals surface area contributed by atoms with Crippen molar-refractivity contribution in [2.45, 2.75) is 0 Å². The molecule has 0 aliphatic carbocycles. The predicted molar refractivity (Wildman–Crippen MR) is 280 cm³/mol. The van der Waals surface area contributed by atoms with Crippen molar-refractivity contribution >= 4 is 86.8 Å². The van der Waals surface area contributed by atoms with Gasteiger partial charge in [0.25, 0.3) is 0 Å². The van der Waals surface area contributed by atoms with Crippen molar-refractivity contribution in [3.8, 4) is 55.6 Å². The maximum Gasteiger partial charge on any atom is 0.182 e. The van der Waals surface area contributed by atoms with Gasteiger partial charge in [-0.15, -0.1) is 0 Å². The summed E-state index contributed by atoms with van der Waals surface area (Å²) in [5.74, 6) is 0. The number of benzene rings is 12. The van der Waals surface area contributed by atoms with E-state index in [2.05, 4.69) is 217 Å². The lowest BCUT2D eigenvalue weighted by Gasteiger charge is -2.16. The lowest BCUT2D eigenvalue weighted by Crippen LogP contribution is -1.92. The van der Waals surface area contributed by atoms with Crippen LogP contribution in [0.25, 0.3) is 142 Å². The summed E-state index contributed by atoms with van der Waals surface area (Å²) in [5, 5.41) is 14.8. The van der Waals surface area contributed by atoms with E-state index in [1.807, 2.05) is 12.4 Å². The number of imidazole rings is 1. The molecule has 14 aromatic rings. The molecule has 0 saturated carbocycles. The average Bonchev–Trinajstić information content (AvgIpc) is 4.05. The SMILES string of the molecule is Cn1cnc2c(-c3ccc(-c4ccc5c(ccc6cc(-c7cccc8ncoc78)c7ccccc7c65)c4)cc3)ccc(-c3cc4ccc5cc(-c6ccccc6)ccc5c4c4ccccc34)c21. The molecule has 0 fully saturated rings. The molecule has 0 radical (unpaired) electrons. The van der Waals surface area contributed by atoms with Crippen molar-refractivity contribution in [1.29, 1.82) is 0 Å². The molecule has 2 heterocycles. The third-order valence-electron chi connectivity index (χ3n) is 14.1. The Morgan fingerprint density at radius 2 is 0.896 bits per heavy atom. The topological polar surface area (TPSA) is 43.9 Å². The fraction of sp³-hybridized carbons (Fsp3) is 0.0159. The van der Waals surface area contributed by atoms with E-state index in [-0.39, 0.29) is 0 Å². The average molecular weight is 854 g/mol. The predicted octanol–water partition coefficient (Wildman–Crippen LogP) is 17.0. The number of rotatable bonds is 5. The van der Waals surface area contributed by atoms with Gasteiger partial charge in [0.05, 0.1) is 17.4 Å². The van der Waals surface area contributed by atoms with E-state index >= 15 is 0 Å². The van der Waals surface area contributed by atoms with Crippen molar-refractivity contribution in [2.24, 2.45) is 7.05 Å². The highest BCUT2D eigenvalue weighted by Crippen LogP contribution is 2.44. The lowest BCUT2D eigenvalue weighted by molar-refractivity contribution is 0.603. The van der Waals surface area contributed by atoms with Gasteiger partial charge >= 0.3 is 0 Å². The molecule has 12 aromatic carbocycles. The van der Waals surface area contributed by atoms with Gasteiger partial charge in [0, 0.05) is 23.7 Å². The van der Waals surface area contributed by atoms with E-state index in [1.54, 1.807) is 0 Å². The number of nitrogens with zero attached hydrogens (tertiary/aromatic N) is 3. The molecule has 0 aliphatic rings. The Balaban J connectivity index is 0.834. The normalized spacial score (nSPS) is 12.0. The van der Waals surface area contributed by atoms with Crippen molar-refractivity contribution in [3.63, 3.8) is 0 Å². The quantitative estimate of drug-likeness (QED) is 0.162. The second-order valence-electron chi connectivity index (χ2n) is 17.8. The first-order valence-corrected chi connectivity index (χ1v) is 22.8. The summed E-state index contributed by atoms with van der Waals surface area (Å²) in [4.78, 5) is 9.47. The fourth-order valence-corrected chi connectivity index (χ4v) is 11.0. The first kappa shape index (κ1) is 37.5. The summed E-state index contributed by atoms with van der Waals surface area (Å²) in [6.45, 7) is 0. The van der Waals surface area contributed by atoms with Crippen LogP contribution in [0.1, 0.15) is 0 Å². The Kier molecular flexibility index (Phi) is 8.16. The summed E-state index contributed by atoms with van der Waals surface area (Å²) >= 11 is 0. The highest BCUT2D eigenvalue weighted by molar-refractivity contribution is 6.26. The molecule has 0 atom stereocenters. The van der Waals surface area contributed by atoms with Crippen molar-refractivity contribution in [3.05, 3.63) is 219 Å². The highest BCUT2D eigenvalue weighted by atomic mass is 16.3. The maximum atomic E-state index is 5.89. The van der Waals surface area contributed by atoms with Crippen LogP contribution < -0.4 is 0 Å². The molecular weight excluding hydrogens is 815 g/mol.